The maximum absolute atomic E-state index is 10.9. The summed E-state index contributed by atoms with van der Waals surface area (Å²) >= 11 is 0. The van der Waals surface area contributed by atoms with Crippen LogP contribution in [0.1, 0.15) is 16.3 Å². The van der Waals surface area contributed by atoms with E-state index in [2.05, 4.69) is 4.74 Å². The second-order valence-electron chi connectivity index (χ2n) is 2.28. The van der Waals surface area contributed by atoms with E-state index in [-0.39, 0.29) is 12.4 Å². The number of aliphatic hydroxyl groups is 1. The lowest BCUT2D eigenvalue weighted by Crippen LogP contribution is -1.98. The molecule has 4 nitrogen and oxygen atoms in total. The van der Waals surface area contributed by atoms with Crippen LogP contribution in [0.4, 0.5) is 0 Å². The van der Waals surface area contributed by atoms with E-state index in [1.165, 1.54) is 19.3 Å². The summed E-state index contributed by atoms with van der Waals surface area (Å²) in [4.78, 5) is 10.9. The molecule has 0 radical (unpaired) electrons. The maximum atomic E-state index is 10.9. The van der Waals surface area contributed by atoms with E-state index in [1.54, 1.807) is 12.1 Å². The molecule has 0 atom stereocenters. The van der Waals surface area contributed by atoms with Crippen LogP contribution in [0.3, 0.4) is 0 Å². The van der Waals surface area contributed by atoms with Crippen molar-refractivity contribution in [2.45, 2.75) is 0 Å². The smallest absolute Gasteiger partial charge is 0.373 e. The van der Waals surface area contributed by atoms with E-state index in [0.29, 0.717) is 5.76 Å². The zero-order valence-electron chi connectivity index (χ0n) is 7.19. The van der Waals surface area contributed by atoms with Crippen molar-refractivity contribution in [1.82, 2.24) is 0 Å². The fraction of sp³-hybridized carbons (Fsp3) is 0.222. The van der Waals surface area contributed by atoms with Crippen molar-refractivity contribution in [2.75, 3.05) is 13.7 Å². The monoisotopic (exact) mass is 182 g/mol. The second-order valence-corrected chi connectivity index (χ2v) is 2.28. The molecule has 1 aromatic rings. The number of furan rings is 1. The molecule has 1 heterocycles. The summed E-state index contributed by atoms with van der Waals surface area (Å²) < 4.78 is 9.51. The Bertz CT molecular complexity index is 311. The molecule has 0 fully saturated rings. The molecule has 4 heteroatoms. The summed E-state index contributed by atoms with van der Waals surface area (Å²) in [6.45, 7) is -0.0613. The lowest BCUT2D eigenvalue weighted by Gasteiger charge is -1.91. The molecular formula is C9H10O4. The predicted molar refractivity (Wildman–Crippen MR) is 46.2 cm³/mol. The number of hydrogen-bond acceptors (Lipinski definition) is 4. The minimum atomic E-state index is -0.511. The SMILES string of the molecule is COC(=O)c1ccc(C=CCO)o1. The zero-order chi connectivity index (χ0) is 9.68. The van der Waals surface area contributed by atoms with Crippen LogP contribution in [0.15, 0.2) is 22.6 Å². The molecule has 0 spiro atoms. The van der Waals surface area contributed by atoms with Crippen LogP contribution in [-0.2, 0) is 4.74 Å². The van der Waals surface area contributed by atoms with Crippen molar-refractivity contribution in [3.63, 3.8) is 0 Å². The quantitative estimate of drug-likeness (QED) is 0.710. The minimum absolute atomic E-state index is 0.0613. The fourth-order valence-corrected chi connectivity index (χ4v) is 0.822. The number of hydrogen-bond donors (Lipinski definition) is 1. The van der Waals surface area contributed by atoms with Gasteiger partial charge in [0.2, 0.25) is 5.76 Å². The van der Waals surface area contributed by atoms with Crippen LogP contribution in [0, 0.1) is 0 Å². The van der Waals surface area contributed by atoms with Gasteiger partial charge in [-0.2, -0.15) is 0 Å². The fourth-order valence-electron chi connectivity index (χ4n) is 0.822. The molecule has 1 aromatic heterocycles. The third-order valence-electron chi connectivity index (χ3n) is 1.40. The van der Waals surface area contributed by atoms with E-state index in [4.69, 9.17) is 9.52 Å². The highest BCUT2D eigenvalue weighted by Crippen LogP contribution is 2.10. The van der Waals surface area contributed by atoms with Gasteiger partial charge in [-0.25, -0.2) is 4.79 Å². The Balaban J connectivity index is 2.74. The molecule has 0 amide bonds. The Kier molecular flexibility index (Phi) is 3.28. The number of ether oxygens (including phenoxy) is 1. The Labute approximate surface area is 75.4 Å². The molecule has 0 aliphatic carbocycles. The van der Waals surface area contributed by atoms with Gasteiger partial charge in [-0.3, -0.25) is 0 Å². The van der Waals surface area contributed by atoms with Gasteiger partial charge in [0, 0.05) is 0 Å². The lowest BCUT2D eigenvalue weighted by atomic mass is 10.4. The summed E-state index contributed by atoms with van der Waals surface area (Å²) in [5, 5.41) is 8.47. The highest BCUT2D eigenvalue weighted by molar-refractivity contribution is 5.86. The maximum Gasteiger partial charge on any atom is 0.373 e. The van der Waals surface area contributed by atoms with Gasteiger partial charge in [-0.1, -0.05) is 6.08 Å². The largest absolute Gasteiger partial charge is 0.463 e. The molecule has 0 bridgehead atoms. The molecule has 13 heavy (non-hydrogen) atoms. The normalized spacial score (nSPS) is 10.6. The van der Waals surface area contributed by atoms with Gasteiger partial charge in [-0.05, 0) is 18.2 Å². The van der Waals surface area contributed by atoms with Crippen LogP contribution < -0.4 is 0 Å². The second kappa shape index (κ2) is 4.47. The molecule has 70 valence electrons. The summed E-state index contributed by atoms with van der Waals surface area (Å²) in [6.07, 6.45) is 3.09. The van der Waals surface area contributed by atoms with Crippen LogP contribution in [0.25, 0.3) is 6.08 Å². The summed E-state index contributed by atoms with van der Waals surface area (Å²) in [5.41, 5.74) is 0. The molecule has 0 aliphatic heterocycles. The Morgan fingerprint density at radius 3 is 3.08 bits per heavy atom. The highest BCUT2D eigenvalue weighted by atomic mass is 16.5. The Morgan fingerprint density at radius 2 is 2.46 bits per heavy atom. The van der Waals surface area contributed by atoms with Crippen LogP contribution in [0.2, 0.25) is 0 Å². The molecule has 1 N–H and O–H groups in total. The van der Waals surface area contributed by atoms with Crippen molar-refractivity contribution >= 4 is 12.0 Å². The van der Waals surface area contributed by atoms with Crippen molar-refractivity contribution in [1.29, 1.82) is 0 Å². The van der Waals surface area contributed by atoms with E-state index in [9.17, 15) is 4.79 Å². The Morgan fingerprint density at radius 1 is 1.69 bits per heavy atom. The summed E-state index contributed by atoms with van der Waals surface area (Å²) in [5.74, 6) is 0.151. The van der Waals surface area contributed by atoms with Gasteiger partial charge < -0.3 is 14.3 Å². The molecule has 0 saturated carbocycles. The average Bonchev–Trinajstić information content (AvgIpc) is 2.62. The van der Waals surface area contributed by atoms with Gasteiger partial charge >= 0.3 is 5.97 Å². The number of carbonyl (C=O) groups excluding carboxylic acids is 1. The lowest BCUT2D eigenvalue weighted by molar-refractivity contribution is 0.0564. The van der Waals surface area contributed by atoms with Crippen molar-refractivity contribution in [2.24, 2.45) is 0 Å². The highest BCUT2D eigenvalue weighted by Gasteiger charge is 2.08. The van der Waals surface area contributed by atoms with Crippen molar-refractivity contribution in [3.8, 4) is 0 Å². The van der Waals surface area contributed by atoms with Crippen LogP contribution in [-0.4, -0.2) is 24.8 Å². The van der Waals surface area contributed by atoms with Gasteiger partial charge in [0.1, 0.15) is 5.76 Å². The molecule has 0 aromatic carbocycles. The van der Waals surface area contributed by atoms with Crippen molar-refractivity contribution in [3.05, 3.63) is 29.7 Å². The molecule has 0 saturated heterocycles. The topological polar surface area (TPSA) is 59.7 Å². The average molecular weight is 182 g/mol. The minimum Gasteiger partial charge on any atom is -0.463 e. The number of aliphatic hydroxyl groups excluding tert-OH is 1. The van der Waals surface area contributed by atoms with E-state index in [1.807, 2.05) is 0 Å². The first-order valence-electron chi connectivity index (χ1n) is 3.73. The number of carbonyl (C=O) groups is 1. The van der Waals surface area contributed by atoms with Crippen molar-refractivity contribution < 1.29 is 19.1 Å². The summed E-state index contributed by atoms with van der Waals surface area (Å²) in [7, 11) is 1.29. The number of esters is 1. The third kappa shape index (κ3) is 2.45. The Hall–Kier alpha value is -1.55. The first-order valence-corrected chi connectivity index (χ1v) is 3.73. The van der Waals surface area contributed by atoms with E-state index < -0.39 is 5.97 Å². The van der Waals surface area contributed by atoms with E-state index in [0.717, 1.165) is 0 Å². The van der Waals surface area contributed by atoms with Gasteiger partial charge in [0.15, 0.2) is 0 Å². The molecule has 1 rings (SSSR count). The third-order valence-corrected chi connectivity index (χ3v) is 1.40. The molecular weight excluding hydrogens is 172 g/mol. The molecule has 0 aliphatic rings. The van der Waals surface area contributed by atoms with Gasteiger partial charge in [0.05, 0.1) is 13.7 Å². The summed E-state index contributed by atoms with van der Waals surface area (Å²) in [6, 6.07) is 3.14. The van der Waals surface area contributed by atoms with E-state index >= 15 is 0 Å². The number of methoxy groups -OCH3 is 1. The molecule has 0 unspecified atom stereocenters. The first-order chi connectivity index (χ1) is 6.27. The van der Waals surface area contributed by atoms with Gasteiger partial charge in [0.25, 0.3) is 0 Å². The standard InChI is InChI=1S/C9H10O4/c1-12-9(11)8-5-4-7(13-8)3-2-6-10/h2-5,10H,6H2,1H3. The zero-order valence-corrected chi connectivity index (χ0v) is 7.19. The first kappa shape index (κ1) is 9.54. The van der Waals surface area contributed by atoms with Crippen LogP contribution >= 0.6 is 0 Å². The predicted octanol–water partition coefficient (Wildman–Crippen LogP) is 1.07. The van der Waals surface area contributed by atoms with Crippen LogP contribution in [0.5, 0.6) is 0 Å². The van der Waals surface area contributed by atoms with Gasteiger partial charge in [-0.15, -0.1) is 0 Å². The number of rotatable bonds is 3.